The molecule has 1 aromatic heterocycles. The summed E-state index contributed by atoms with van der Waals surface area (Å²) in [4.78, 5) is 19.3. The molecule has 0 radical (unpaired) electrons. The van der Waals surface area contributed by atoms with Crippen LogP contribution in [0.1, 0.15) is 25.3 Å². The van der Waals surface area contributed by atoms with E-state index >= 15 is 0 Å². The smallest absolute Gasteiger partial charge is 0.233 e. The number of carbonyl (C=O) groups excluding carboxylic acids is 1. The molecule has 1 fully saturated rings. The molecule has 0 N–H and O–H groups in total. The molecule has 1 atom stereocenters. The number of halogens is 1. The summed E-state index contributed by atoms with van der Waals surface area (Å²) in [5.74, 6) is 0.844. The highest BCUT2D eigenvalue weighted by molar-refractivity contribution is 7.99. The van der Waals surface area contributed by atoms with E-state index in [4.69, 9.17) is 4.98 Å². The minimum Gasteiger partial charge on any atom is -0.342 e. The number of imidazole rings is 1. The Morgan fingerprint density at radius 2 is 2.00 bits per heavy atom. The lowest BCUT2D eigenvalue weighted by atomic mass is 10.0. The summed E-state index contributed by atoms with van der Waals surface area (Å²) in [5.41, 5.74) is 2.43. The molecule has 0 aliphatic carbocycles. The van der Waals surface area contributed by atoms with Crippen molar-refractivity contribution in [3.63, 3.8) is 0 Å². The van der Waals surface area contributed by atoms with Crippen LogP contribution in [0.15, 0.2) is 53.7 Å². The van der Waals surface area contributed by atoms with Gasteiger partial charge in [0.05, 0.1) is 23.3 Å². The number of piperidine rings is 1. The average molecular weight is 398 g/mol. The first-order valence-corrected chi connectivity index (χ1v) is 10.7. The lowest BCUT2D eigenvalue weighted by molar-refractivity contribution is -0.130. The molecule has 3 aromatic rings. The largest absolute Gasteiger partial charge is 0.342 e. The highest BCUT2D eigenvalue weighted by Crippen LogP contribution is 2.26. The summed E-state index contributed by atoms with van der Waals surface area (Å²) in [6.07, 6.45) is 2.26. The van der Waals surface area contributed by atoms with E-state index in [1.807, 2.05) is 39.8 Å². The van der Waals surface area contributed by atoms with Crippen molar-refractivity contribution >= 4 is 28.7 Å². The molecule has 0 unspecified atom stereocenters. The van der Waals surface area contributed by atoms with Gasteiger partial charge in [0.2, 0.25) is 5.91 Å². The lowest BCUT2D eigenvalue weighted by Gasteiger charge is -2.30. The Bertz CT molecular complexity index is 987. The van der Waals surface area contributed by atoms with Crippen LogP contribution in [0.25, 0.3) is 11.0 Å². The topological polar surface area (TPSA) is 38.1 Å². The fourth-order valence-electron chi connectivity index (χ4n) is 3.75. The maximum Gasteiger partial charge on any atom is 0.233 e. The second-order valence-electron chi connectivity index (χ2n) is 7.44. The number of benzene rings is 2. The number of amides is 1. The molecule has 6 heteroatoms. The van der Waals surface area contributed by atoms with Gasteiger partial charge in [-0.05, 0) is 37.0 Å². The zero-order valence-electron chi connectivity index (χ0n) is 16.0. The Morgan fingerprint density at radius 3 is 2.82 bits per heavy atom. The van der Waals surface area contributed by atoms with Gasteiger partial charge in [-0.25, -0.2) is 9.37 Å². The van der Waals surface area contributed by atoms with Crippen molar-refractivity contribution in [1.82, 2.24) is 14.5 Å². The molecule has 0 spiro atoms. The first kappa shape index (κ1) is 19.0. The quantitative estimate of drug-likeness (QED) is 0.592. The molecule has 4 rings (SSSR count). The summed E-state index contributed by atoms with van der Waals surface area (Å²) in [6.45, 7) is 4.27. The third kappa shape index (κ3) is 4.07. The Labute approximate surface area is 168 Å². The van der Waals surface area contributed by atoms with Crippen LogP contribution in [0.3, 0.4) is 0 Å². The summed E-state index contributed by atoms with van der Waals surface area (Å²) in [7, 11) is 0. The average Bonchev–Trinajstić information content (AvgIpc) is 3.05. The molecule has 0 bridgehead atoms. The van der Waals surface area contributed by atoms with Crippen LogP contribution in [-0.2, 0) is 11.3 Å². The molecule has 1 aliphatic rings. The number of rotatable bonds is 5. The Morgan fingerprint density at radius 1 is 1.21 bits per heavy atom. The van der Waals surface area contributed by atoms with Gasteiger partial charge in [-0.2, -0.15) is 0 Å². The van der Waals surface area contributed by atoms with Gasteiger partial charge in [0.15, 0.2) is 5.16 Å². The number of hydrogen-bond donors (Lipinski definition) is 0. The summed E-state index contributed by atoms with van der Waals surface area (Å²) < 4.78 is 16.2. The second kappa shape index (κ2) is 8.35. The maximum absolute atomic E-state index is 14.2. The fraction of sp³-hybridized carbons (Fsp3) is 0.364. The van der Waals surface area contributed by atoms with Gasteiger partial charge < -0.3 is 9.47 Å². The molecule has 28 heavy (non-hydrogen) atoms. The molecule has 4 nitrogen and oxygen atoms in total. The van der Waals surface area contributed by atoms with Crippen LogP contribution >= 0.6 is 11.8 Å². The minimum atomic E-state index is -0.227. The van der Waals surface area contributed by atoms with Crippen LogP contribution in [0, 0.1) is 11.7 Å². The van der Waals surface area contributed by atoms with Gasteiger partial charge in [-0.3, -0.25) is 4.79 Å². The van der Waals surface area contributed by atoms with Crippen LogP contribution in [0.2, 0.25) is 0 Å². The Kier molecular flexibility index (Phi) is 5.67. The van der Waals surface area contributed by atoms with Crippen molar-refractivity contribution in [2.45, 2.75) is 31.5 Å². The van der Waals surface area contributed by atoms with E-state index in [0.717, 1.165) is 35.7 Å². The van der Waals surface area contributed by atoms with Gasteiger partial charge in [0.25, 0.3) is 0 Å². The first-order valence-electron chi connectivity index (χ1n) is 9.71. The zero-order valence-corrected chi connectivity index (χ0v) is 16.8. The molecule has 2 aromatic carbocycles. The number of para-hydroxylation sites is 2. The van der Waals surface area contributed by atoms with Crippen molar-refractivity contribution in [2.75, 3.05) is 18.8 Å². The van der Waals surface area contributed by atoms with Crippen molar-refractivity contribution in [3.05, 3.63) is 59.9 Å². The predicted octanol–water partition coefficient (Wildman–Crippen LogP) is 4.57. The molecule has 1 amide bonds. The molecule has 146 valence electrons. The standard InChI is InChI=1S/C22H24FN3OS/c1-16-7-6-12-25(13-16)21(27)15-28-22-24-19-10-4-5-11-20(19)26(22)14-17-8-2-3-9-18(17)23/h2-5,8-11,16H,6-7,12-15H2,1H3/t16-/m0/s1. The molecular formula is C22H24FN3OS. The molecular weight excluding hydrogens is 373 g/mol. The number of thioether (sulfide) groups is 1. The third-order valence-corrected chi connectivity index (χ3v) is 6.20. The minimum absolute atomic E-state index is 0.154. The highest BCUT2D eigenvalue weighted by atomic mass is 32.2. The van der Waals surface area contributed by atoms with E-state index in [1.165, 1.54) is 24.2 Å². The summed E-state index contributed by atoms with van der Waals surface area (Å²) >= 11 is 1.44. The summed E-state index contributed by atoms with van der Waals surface area (Å²) in [6, 6.07) is 14.6. The number of carbonyl (C=O) groups is 1. The number of fused-ring (bicyclic) bond motifs is 1. The normalized spacial score (nSPS) is 17.2. The number of aromatic nitrogens is 2. The van der Waals surface area contributed by atoms with Gasteiger partial charge in [0.1, 0.15) is 5.82 Å². The van der Waals surface area contributed by atoms with Crippen molar-refractivity contribution < 1.29 is 9.18 Å². The van der Waals surface area contributed by atoms with Gasteiger partial charge >= 0.3 is 0 Å². The monoisotopic (exact) mass is 397 g/mol. The van der Waals surface area contributed by atoms with E-state index in [0.29, 0.717) is 23.8 Å². The van der Waals surface area contributed by atoms with Crippen LogP contribution in [0.5, 0.6) is 0 Å². The molecule has 1 saturated heterocycles. The van der Waals surface area contributed by atoms with E-state index in [1.54, 1.807) is 12.1 Å². The van der Waals surface area contributed by atoms with Gasteiger partial charge in [-0.15, -0.1) is 0 Å². The van der Waals surface area contributed by atoms with E-state index < -0.39 is 0 Å². The number of nitrogens with zero attached hydrogens (tertiary/aromatic N) is 3. The fourth-order valence-corrected chi connectivity index (χ4v) is 4.66. The zero-order chi connectivity index (χ0) is 19.5. The van der Waals surface area contributed by atoms with Crippen LogP contribution in [-0.4, -0.2) is 39.2 Å². The van der Waals surface area contributed by atoms with Crippen molar-refractivity contribution in [3.8, 4) is 0 Å². The first-order chi connectivity index (χ1) is 13.6. The predicted molar refractivity (Wildman–Crippen MR) is 111 cm³/mol. The Balaban J connectivity index is 1.56. The number of hydrogen-bond acceptors (Lipinski definition) is 3. The van der Waals surface area contributed by atoms with Crippen molar-refractivity contribution in [2.24, 2.45) is 5.92 Å². The second-order valence-corrected chi connectivity index (χ2v) is 8.38. The van der Waals surface area contributed by atoms with Gasteiger partial charge in [0, 0.05) is 18.7 Å². The highest BCUT2D eigenvalue weighted by Gasteiger charge is 2.22. The van der Waals surface area contributed by atoms with E-state index in [-0.39, 0.29) is 11.7 Å². The molecule has 0 saturated carbocycles. The van der Waals surface area contributed by atoms with Gasteiger partial charge in [-0.1, -0.05) is 49.0 Å². The maximum atomic E-state index is 14.2. The van der Waals surface area contributed by atoms with E-state index in [9.17, 15) is 9.18 Å². The third-order valence-electron chi connectivity index (χ3n) is 5.24. The molecule has 2 heterocycles. The van der Waals surface area contributed by atoms with Crippen LogP contribution in [0.4, 0.5) is 4.39 Å². The van der Waals surface area contributed by atoms with E-state index in [2.05, 4.69) is 6.92 Å². The van der Waals surface area contributed by atoms with Crippen LogP contribution < -0.4 is 0 Å². The van der Waals surface area contributed by atoms with Crippen molar-refractivity contribution in [1.29, 1.82) is 0 Å². The Hall–Kier alpha value is -2.34. The lowest BCUT2D eigenvalue weighted by Crippen LogP contribution is -2.40. The summed E-state index contributed by atoms with van der Waals surface area (Å²) in [5, 5.41) is 0.753. The molecule has 1 aliphatic heterocycles. The SMILES string of the molecule is C[C@H]1CCCN(C(=O)CSc2nc3ccccc3n2Cc2ccccc2F)C1. The number of likely N-dealkylation sites (tertiary alicyclic amines) is 1.